The third kappa shape index (κ3) is 4.09. The van der Waals surface area contributed by atoms with Crippen LogP contribution in [-0.4, -0.2) is 32.5 Å². The van der Waals surface area contributed by atoms with E-state index in [0.717, 1.165) is 81.7 Å². The van der Waals surface area contributed by atoms with Crippen molar-refractivity contribution in [2.24, 2.45) is 0 Å². The second kappa shape index (κ2) is 10.7. The van der Waals surface area contributed by atoms with E-state index in [1.807, 2.05) is 13.0 Å². The predicted molar refractivity (Wildman–Crippen MR) is 177 cm³/mol. The number of nitrogens with one attached hydrogen (secondary N) is 2. The molecule has 43 heavy (non-hydrogen) atoms. The van der Waals surface area contributed by atoms with Crippen molar-refractivity contribution < 1.29 is 9.53 Å². The van der Waals surface area contributed by atoms with Gasteiger partial charge in [-0.1, -0.05) is 34.6 Å². The Morgan fingerprint density at radius 2 is 1.49 bits per heavy atom. The average Bonchev–Trinajstić information content (AvgIpc) is 3.72. The van der Waals surface area contributed by atoms with Crippen LogP contribution in [0.25, 0.3) is 39.3 Å². The third-order valence-corrected chi connectivity index (χ3v) is 10.4. The molecule has 3 aliphatic rings. The number of allylic oxidation sites excluding steroid dienone is 2. The maximum absolute atomic E-state index is 13.6. The van der Waals surface area contributed by atoms with Crippen LogP contribution in [0.1, 0.15) is 118 Å². The molecule has 3 aromatic heterocycles. The molecular formula is C37H44N4O2. The van der Waals surface area contributed by atoms with Crippen LogP contribution >= 0.6 is 0 Å². The zero-order chi connectivity index (χ0) is 30.8. The second-order valence-corrected chi connectivity index (χ2v) is 12.2. The lowest BCUT2D eigenvalue weighted by Gasteiger charge is -2.31. The Kier molecular flexibility index (Phi) is 7.22. The fraction of sp³-hybridized carbons (Fsp3) is 0.432. The van der Waals surface area contributed by atoms with E-state index in [4.69, 9.17) is 14.7 Å². The number of aryl methyl sites for hydroxylation is 4. The summed E-state index contributed by atoms with van der Waals surface area (Å²) < 4.78 is 5.66. The first kappa shape index (κ1) is 29.2. The van der Waals surface area contributed by atoms with E-state index >= 15 is 0 Å². The van der Waals surface area contributed by atoms with Crippen molar-refractivity contribution in [1.82, 2.24) is 19.9 Å². The Morgan fingerprint density at radius 3 is 2.07 bits per heavy atom. The molecule has 8 bridgehead atoms. The zero-order valence-corrected chi connectivity index (χ0v) is 27.1. The first-order valence-corrected chi connectivity index (χ1v) is 16.0. The van der Waals surface area contributed by atoms with Crippen molar-refractivity contribution in [1.29, 1.82) is 0 Å². The van der Waals surface area contributed by atoms with Crippen molar-refractivity contribution in [3.8, 4) is 0 Å². The minimum atomic E-state index is -0.563. The third-order valence-electron chi connectivity index (χ3n) is 10.4. The van der Waals surface area contributed by atoms with Gasteiger partial charge in [0.2, 0.25) is 0 Å². The molecule has 0 fully saturated rings. The molecule has 6 rings (SSSR count). The van der Waals surface area contributed by atoms with Gasteiger partial charge in [-0.25, -0.2) is 9.78 Å². The lowest BCUT2D eigenvalue weighted by molar-refractivity contribution is -0.139. The quantitative estimate of drug-likeness (QED) is 0.287. The average molecular weight is 577 g/mol. The van der Waals surface area contributed by atoms with Gasteiger partial charge < -0.3 is 14.7 Å². The van der Waals surface area contributed by atoms with Gasteiger partial charge in [-0.15, -0.1) is 0 Å². The van der Waals surface area contributed by atoms with Gasteiger partial charge in [-0.2, -0.15) is 0 Å². The molecule has 0 unspecified atom stereocenters. The number of ether oxygens (including phenoxy) is 1. The van der Waals surface area contributed by atoms with Gasteiger partial charge in [-0.3, -0.25) is 4.98 Å². The monoisotopic (exact) mass is 576 g/mol. The fourth-order valence-electron chi connectivity index (χ4n) is 7.91. The Morgan fingerprint density at radius 1 is 0.860 bits per heavy atom. The first-order valence-electron chi connectivity index (χ1n) is 16.0. The van der Waals surface area contributed by atoms with Crippen molar-refractivity contribution in [2.45, 2.75) is 99.3 Å². The number of nitrogens with zero attached hydrogens (tertiary/aromatic N) is 2. The molecule has 0 saturated heterocycles. The maximum atomic E-state index is 13.6. The van der Waals surface area contributed by atoms with Crippen LogP contribution in [0.5, 0.6) is 0 Å². The molecule has 0 aromatic carbocycles. The molecule has 1 aliphatic carbocycles. The molecule has 224 valence electrons. The number of hydrogen-bond acceptors (Lipinski definition) is 4. The highest BCUT2D eigenvalue weighted by Gasteiger charge is 2.53. The smallest absolute Gasteiger partial charge is 0.335 e. The standard InChI is InChI=1S/C37H44N4O2/c1-10-23-19(6)29-17-33-25(12-3)21(8)34(40-33)26-15-27(36(42)43-14-5)37(13-4)22(9)30(41-35(26)37)18-32-24(11-2)20(7)28(39-32)16-31(23)38-29/h15-18,22,38-39H,10-14H2,1-9H3/t22-,37-/m1/s1. The summed E-state index contributed by atoms with van der Waals surface area (Å²) in [5, 5.41) is 0. The van der Waals surface area contributed by atoms with Gasteiger partial charge in [0, 0.05) is 39.2 Å². The first-order chi connectivity index (χ1) is 20.6. The molecule has 6 heteroatoms. The van der Waals surface area contributed by atoms with E-state index in [9.17, 15) is 4.79 Å². The molecule has 5 heterocycles. The molecule has 2 aliphatic heterocycles. The van der Waals surface area contributed by atoms with Crippen molar-refractivity contribution in [2.75, 3.05) is 6.61 Å². The van der Waals surface area contributed by atoms with E-state index in [1.165, 1.54) is 27.8 Å². The van der Waals surface area contributed by atoms with Gasteiger partial charge in [0.05, 0.1) is 34.7 Å². The van der Waals surface area contributed by atoms with Gasteiger partial charge in [0.1, 0.15) is 0 Å². The largest absolute Gasteiger partial charge is 0.463 e. The number of rotatable bonds is 6. The SMILES string of the molecule is CCOC(=O)C1=Cc2c3nc(cc4[nH]c(cc5[nH]c(cc6nc2[C@]1(CC)[C@@H]6C)c(CC)c5C)c(CC)c4C)C(CC)=C3C. The number of esters is 1. The summed E-state index contributed by atoms with van der Waals surface area (Å²) in [5.74, 6) is -0.270. The molecule has 2 atom stereocenters. The van der Waals surface area contributed by atoms with Crippen LogP contribution in [0, 0.1) is 13.8 Å². The minimum absolute atomic E-state index is 0.0103. The van der Waals surface area contributed by atoms with Crippen LogP contribution in [0.3, 0.4) is 0 Å². The Hall–Kier alpha value is -3.93. The van der Waals surface area contributed by atoms with Crippen LogP contribution in [-0.2, 0) is 27.8 Å². The van der Waals surface area contributed by atoms with Gasteiger partial charge in [0.15, 0.2) is 0 Å². The molecular weight excluding hydrogens is 532 g/mol. The lowest BCUT2D eigenvalue weighted by Crippen LogP contribution is -2.33. The van der Waals surface area contributed by atoms with Crippen molar-refractivity contribution in [3.05, 3.63) is 74.4 Å². The Labute approximate surface area is 254 Å². The van der Waals surface area contributed by atoms with Crippen LogP contribution in [0.4, 0.5) is 0 Å². The number of hydrogen-bond donors (Lipinski definition) is 2. The molecule has 6 nitrogen and oxygen atoms in total. The summed E-state index contributed by atoms with van der Waals surface area (Å²) in [7, 11) is 0. The molecule has 0 amide bonds. The molecule has 0 spiro atoms. The zero-order valence-electron chi connectivity index (χ0n) is 27.1. The number of aromatic amines is 2. The lowest BCUT2D eigenvalue weighted by atomic mass is 9.69. The van der Waals surface area contributed by atoms with E-state index in [2.05, 4.69) is 83.6 Å². The second-order valence-electron chi connectivity index (χ2n) is 12.2. The van der Waals surface area contributed by atoms with E-state index < -0.39 is 5.41 Å². The molecule has 3 aromatic rings. The van der Waals surface area contributed by atoms with E-state index in [0.29, 0.717) is 12.2 Å². The van der Waals surface area contributed by atoms with Crippen LogP contribution < -0.4 is 0 Å². The normalized spacial score (nSPS) is 19.3. The topological polar surface area (TPSA) is 83.7 Å². The highest BCUT2D eigenvalue weighted by Crippen LogP contribution is 2.56. The molecule has 0 saturated carbocycles. The van der Waals surface area contributed by atoms with E-state index in [-0.39, 0.29) is 11.9 Å². The van der Waals surface area contributed by atoms with E-state index in [1.54, 1.807) is 0 Å². The summed E-state index contributed by atoms with van der Waals surface area (Å²) in [5.41, 5.74) is 16.8. The van der Waals surface area contributed by atoms with Crippen LogP contribution in [0.15, 0.2) is 23.8 Å². The Bertz CT molecular complexity index is 1900. The van der Waals surface area contributed by atoms with Crippen molar-refractivity contribution >= 4 is 45.3 Å². The predicted octanol–water partition coefficient (Wildman–Crippen LogP) is 8.81. The highest BCUT2D eigenvalue weighted by atomic mass is 16.5. The summed E-state index contributed by atoms with van der Waals surface area (Å²) in [6.07, 6.45) is 5.48. The maximum Gasteiger partial charge on any atom is 0.335 e. The highest BCUT2D eigenvalue weighted by molar-refractivity contribution is 6.03. The summed E-state index contributed by atoms with van der Waals surface area (Å²) in [4.78, 5) is 31.8. The summed E-state index contributed by atoms with van der Waals surface area (Å²) >= 11 is 0. The molecule has 0 radical (unpaired) electrons. The molecule has 2 N–H and O–H groups in total. The summed E-state index contributed by atoms with van der Waals surface area (Å²) in [6, 6.07) is 6.69. The van der Waals surface area contributed by atoms with Crippen molar-refractivity contribution in [3.63, 3.8) is 0 Å². The Balaban J connectivity index is 1.84. The summed E-state index contributed by atoms with van der Waals surface area (Å²) in [6.45, 7) is 19.8. The van der Waals surface area contributed by atoms with Gasteiger partial charge in [0.25, 0.3) is 0 Å². The minimum Gasteiger partial charge on any atom is -0.463 e. The van der Waals surface area contributed by atoms with Gasteiger partial charge in [-0.05, 0) is 111 Å². The number of carbonyl (C=O) groups excluding carboxylic acids is 1. The van der Waals surface area contributed by atoms with Gasteiger partial charge >= 0.3 is 5.97 Å². The number of H-pyrrole nitrogens is 2. The van der Waals surface area contributed by atoms with Crippen LogP contribution in [0.2, 0.25) is 0 Å². The fourth-order valence-corrected chi connectivity index (χ4v) is 7.91. The number of fused-ring (bicyclic) bond motifs is 8. The number of aromatic nitrogens is 4. The number of carbonyl (C=O) groups is 1.